The van der Waals surface area contributed by atoms with Crippen molar-refractivity contribution in [3.8, 4) is 0 Å². The minimum Gasteiger partial charge on any atom is -0.388 e. The highest BCUT2D eigenvalue weighted by molar-refractivity contribution is 7.97. The molecular weight excluding hydrogens is 1420 g/mol. The molecule has 0 amide bonds. The Morgan fingerprint density at radius 1 is 0.348 bits per heavy atom. The Morgan fingerprint density at radius 2 is 0.580 bits per heavy atom. The molecule has 0 aromatic heterocycles. The molecule has 6 nitrogen and oxygen atoms in total. The van der Waals surface area contributed by atoms with Crippen LogP contribution in [0.2, 0.25) is 39.3 Å². The summed E-state index contributed by atoms with van der Waals surface area (Å²) in [6, 6.07) is 88.8. The first kappa shape index (κ1) is 121. The van der Waals surface area contributed by atoms with Gasteiger partial charge in [0.15, 0.2) is 0 Å². The third-order valence-electron chi connectivity index (χ3n) is 14.1. The predicted octanol–water partition coefficient (Wildman–Crippen LogP) is 29.0. The molecule has 0 saturated heterocycles. The van der Waals surface area contributed by atoms with Crippen LogP contribution in [0, 0.1) is 53.9 Å². The van der Waals surface area contributed by atoms with E-state index in [0.717, 1.165) is 0 Å². The number of benzene rings is 9. The Balaban J connectivity index is -0.000000176. The lowest BCUT2D eigenvalue weighted by molar-refractivity contribution is 0.0385. The van der Waals surface area contributed by atoms with E-state index in [1.807, 2.05) is 89.0 Å². The molecule has 0 aliphatic rings. The molecule has 0 fully saturated rings. The summed E-state index contributed by atoms with van der Waals surface area (Å²) >= 11 is 1.75. The highest BCUT2D eigenvalue weighted by Crippen LogP contribution is 2.30. The van der Waals surface area contributed by atoms with Crippen LogP contribution in [0.5, 0.6) is 0 Å². The molecule has 0 N–H and O–H groups in total. The fraction of sp³-hybridized carbons (Fsp3) is 0.476. The van der Waals surface area contributed by atoms with Crippen LogP contribution in [0.1, 0.15) is 179 Å². The first-order chi connectivity index (χ1) is 52.2. The van der Waals surface area contributed by atoms with Gasteiger partial charge in [0.25, 0.3) is 0 Å². The number of methoxy groups -OCH3 is 3. The van der Waals surface area contributed by atoms with E-state index >= 15 is 0 Å². The smallest absolute Gasteiger partial charge is 0.112 e. The van der Waals surface area contributed by atoms with Crippen LogP contribution >= 0.6 is 11.8 Å². The third kappa shape index (κ3) is 90.6. The number of ether oxygens (including phenoxy) is 4. The summed E-state index contributed by atoms with van der Waals surface area (Å²) in [7, 11) is 14.6. The van der Waals surface area contributed by atoms with E-state index in [1.54, 1.807) is 40.2 Å². The van der Waals surface area contributed by atoms with Gasteiger partial charge in [0.05, 0.1) is 26.4 Å². The molecule has 0 heterocycles. The monoisotopic (exact) mass is 1590 g/mol. The highest BCUT2D eigenvalue weighted by Gasteiger charge is 2.25. The van der Waals surface area contributed by atoms with Crippen LogP contribution in [0.25, 0.3) is 0 Å². The average Bonchev–Trinajstić information content (AvgIpc) is 0.822. The van der Waals surface area contributed by atoms with Gasteiger partial charge >= 0.3 is 0 Å². The van der Waals surface area contributed by atoms with Crippen molar-refractivity contribution in [3.05, 3.63) is 305 Å². The minimum absolute atomic E-state index is 0. The van der Waals surface area contributed by atoms with Gasteiger partial charge in [-0.1, -0.05) is 449 Å². The lowest BCUT2D eigenvalue weighted by atomic mass is 9.78. The summed E-state index contributed by atoms with van der Waals surface area (Å²) in [5.74, 6) is 0. The zero-order valence-electron chi connectivity index (χ0n) is 78.3. The molecule has 9 heteroatoms. The van der Waals surface area contributed by atoms with E-state index in [-0.39, 0.29) is 12.8 Å². The normalized spacial score (nSPS) is 9.62. The molecule has 0 unspecified atom stereocenters. The van der Waals surface area contributed by atoms with Gasteiger partial charge in [-0.25, -0.2) is 0 Å². The summed E-state index contributed by atoms with van der Waals surface area (Å²) in [5, 5.41) is 2.99. The summed E-state index contributed by atoms with van der Waals surface area (Å²) in [6.45, 7) is 57.8. The SMILES string of the molecule is C.CC(C)(C)C.CC(C)(c1ccccc1)c1ccccc1.CCC.CCCC.CCCCC.CN(C)C.CN(C)c1ccccc1.COC.COCCOCCOC.CSC.C[Si](C)(C)C.C[Si](C)(c1ccccc1)c1ccccc1.Cc1ccc(C)cc1.Cc1cccc(C)c1.Cc1ccccc1.Cc1ccccc1C. The molecule has 634 valence electrons. The molecule has 0 atom stereocenters. The van der Waals surface area contributed by atoms with E-state index in [9.17, 15) is 0 Å². The van der Waals surface area contributed by atoms with Crippen molar-refractivity contribution in [3.63, 3.8) is 0 Å². The molecule has 112 heavy (non-hydrogen) atoms. The Morgan fingerprint density at radius 3 is 0.768 bits per heavy atom. The quantitative estimate of drug-likeness (QED) is 0.0794. The van der Waals surface area contributed by atoms with E-state index < -0.39 is 16.1 Å². The van der Waals surface area contributed by atoms with Crippen molar-refractivity contribution in [2.24, 2.45) is 5.41 Å². The fourth-order valence-corrected chi connectivity index (χ4v) is 10.2. The first-order valence-electron chi connectivity index (χ1n) is 40.2. The second kappa shape index (κ2) is 82.3. The molecule has 9 aromatic rings. The zero-order valence-corrected chi connectivity index (χ0v) is 81.1. The van der Waals surface area contributed by atoms with Crippen LogP contribution < -0.4 is 15.3 Å². The third-order valence-corrected chi connectivity index (χ3v) is 17.6. The zero-order chi connectivity index (χ0) is 86.4. The summed E-state index contributed by atoms with van der Waals surface area (Å²) in [5.41, 5.74) is 13.9. The molecule has 0 radical (unpaired) electrons. The number of thioether (sulfide) groups is 1. The second-order valence-electron chi connectivity index (χ2n) is 31.8. The van der Waals surface area contributed by atoms with Gasteiger partial charge in [0, 0.05) is 61.7 Å². The summed E-state index contributed by atoms with van der Waals surface area (Å²) in [4.78, 5) is 4.08. The van der Waals surface area contributed by atoms with Gasteiger partial charge in [0.2, 0.25) is 0 Å². The van der Waals surface area contributed by atoms with Crippen LogP contribution in [0.15, 0.2) is 255 Å². The number of rotatable bonds is 14. The van der Waals surface area contributed by atoms with Crippen LogP contribution in [-0.4, -0.2) is 124 Å². The number of unbranched alkanes of at least 4 members (excludes halogenated alkanes) is 3. The Labute approximate surface area is 703 Å². The van der Waals surface area contributed by atoms with Crippen molar-refractivity contribution in [2.75, 3.05) is 108 Å². The standard InChI is InChI=1S/C15H16.C14H16Si.C8H11N.3C8H10.C7H8.C6H14O3.2C5H12.C4H12Si.C4H10.C3H9N.C3H8.C2H6O.C2H6S.CH4/c2*1-15(2,13-9-5-3-6-10-13)14-11-7-4-8-12-14;1-9(2)8-6-4-3-5-7-8;1-7-3-5-8(2)6-4-7;1-7-4-3-5-8(2)6-7;1-7-5-3-4-6-8(7)2;1-7-5-3-2-4-6-7;1-7-3-5-9-6-4-8-2;1-5(2,3)4;1-3-5-4-2;1-5(2,3)4;1-3-4-2;1-4(2)3;3*1-3-2;/h2*3-12H,1-2H3;3-7H,1-2H3;3*3-6H,1-2H3;2-6H,1H3;3-6H2,1-2H3;1-4H3;3-5H2,1-2H3;1-4H3;3-4H2,1-2H3;1-3H3;3H2,1-2H3;2*1-2H3;1H4. The van der Waals surface area contributed by atoms with E-state index in [1.165, 1.54) is 105 Å². The number of hydrogen-bond acceptors (Lipinski definition) is 7. The molecule has 0 spiro atoms. The molecule has 9 aromatic carbocycles. The largest absolute Gasteiger partial charge is 0.388 e. The maximum Gasteiger partial charge on any atom is 0.112 e. The maximum atomic E-state index is 5.06. The van der Waals surface area contributed by atoms with Gasteiger partial charge in [-0.15, -0.1) is 0 Å². The summed E-state index contributed by atoms with van der Waals surface area (Å²) < 4.78 is 18.8. The van der Waals surface area contributed by atoms with Crippen LogP contribution in [0.4, 0.5) is 5.69 Å². The van der Waals surface area contributed by atoms with Crippen LogP contribution in [0.3, 0.4) is 0 Å². The maximum absolute atomic E-state index is 5.06. The van der Waals surface area contributed by atoms with Gasteiger partial charge in [-0.2, -0.15) is 11.8 Å². The number of nitrogens with zero attached hydrogens (tertiary/aromatic N) is 2. The Bertz CT molecular complexity index is 3000. The molecule has 0 aliphatic carbocycles. The lowest BCUT2D eigenvalue weighted by Gasteiger charge is -2.25. The highest BCUT2D eigenvalue weighted by atomic mass is 32.2. The van der Waals surface area contributed by atoms with Crippen molar-refractivity contribution in [1.82, 2.24) is 4.90 Å². The number of hydrogen-bond donors (Lipinski definition) is 0. The first-order valence-corrected chi connectivity index (χ1v) is 48.9. The van der Waals surface area contributed by atoms with Crippen molar-refractivity contribution < 1.29 is 18.9 Å². The minimum atomic E-state index is -1.46. The molecule has 9 rings (SSSR count). The number of anilines is 1. The van der Waals surface area contributed by atoms with E-state index in [0.29, 0.717) is 31.8 Å². The Hall–Kier alpha value is -6.64. The lowest BCUT2D eigenvalue weighted by Crippen LogP contribution is -2.52. The van der Waals surface area contributed by atoms with Gasteiger partial charge in [0.1, 0.15) is 8.07 Å². The van der Waals surface area contributed by atoms with E-state index in [2.05, 4.69) is 399 Å². The second-order valence-corrected chi connectivity index (χ2v) is 43.0. The van der Waals surface area contributed by atoms with E-state index in [4.69, 9.17) is 14.2 Å². The van der Waals surface area contributed by atoms with Crippen molar-refractivity contribution >= 4 is 44.0 Å². The average molecular weight is 1590 g/mol. The Kier molecular flexibility index (Phi) is 89.0. The van der Waals surface area contributed by atoms with Gasteiger partial charge < -0.3 is 28.7 Å². The number of para-hydroxylation sites is 1. The van der Waals surface area contributed by atoms with Crippen LogP contribution in [-0.2, 0) is 24.4 Å². The fourth-order valence-electron chi connectivity index (χ4n) is 7.86. The van der Waals surface area contributed by atoms with Gasteiger partial charge in [-0.05, 0) is 122 Å². The molecule has 0 bridgehead atoms. The topological polar surface area (TPSA) is 43.4 Å². The molecule has 0 saturated carbocycles. The number of aryl methyl sites for hydroxylation is 7. The van der Waals surface area contributed by atoms with Crippen molar-refractivity contribution in [1.29, 1.82) is 0 Å². The predicted molar refractivity (Wildman–Crippen MR) is 524 cm³/mol. The molecule has 0 aliphatic heterocycles. The van der Waals surface area contributed by atoms with Gasteiger partial charge in [-0.3, -0.25) is 0 Å². The summed E-state index contributed by atoms with van der Waals surface area (Å²) in [6.07, 6.45) is 12.0. The molecular formula is C103H174N2O4SSi2. The van der Waals surface area contributed by atoms with Crippen molar-refractivity contribution in [2.45, 2.75) is 222 Å².